The maximum absolute atomic E-state index is 14.2. The summed E-state index contributed by atoms with van der Waals surface area (Å²) in [5.41, 5.74) is -1.46. The number of likely N-dealkylation sites (N-methyl/N-ethyl adjacent to an activating group) is 1. The minimum atomic E-state index is -1.15. The Kier molecular flexibility index (Phi) is 8.83. The number of rotatable bonds is 11. The summed E-state index contributed by atoms with van der Waals surface area (Å²) in [6.07, 6.45) is 14.7. The molecule has 7 heteroatoms. The smallest absolute Gasteiger partial charge is 0.315 e. The lowest BCUT2D eigenvalue weighted by molar-refractivity contribution is -0.197. The van der Waals surface area contributed by atoms with Crippen LogP contribution < -0.4 is 0 Å². The highest BCUT2D eigenvalue weighted by atomic mass is 16.5. The van der Waals surface area contributed by atoms with Crippen molar-refractivity contribution >= 4 is 12.3 Å². The molecule has 0 radical (unpaired) electrons. The summed E-state index contributed by atoms with van der Waals surface area (Å²) in [6, 6.07) is 0. The van der Waals surface area contributed by atoms with E-state index in [1.54, 1.807) is 0 Å². The number of ether oxygens (including phenoxy) is 2. The molecule has 7 aliphatic rings. The lowest BCUT2D eigenvalue weighted by Gasteiger charge is -2.60. The van der Waals surface area contributed by atoms with Crippen LogP contribution in [0.5, 0.6) is 0 Å². The molecule has 5 aliphatic carbocycles. The Balaban J connectivity index is 1.25. The van der Waals surface area contributed by atoms with Gasteiger partial charge in [-0.05, 0) is 73.7 Å². The van der Waals surface area contributed by atoms with Crippen molar-refractivity contribution in [3.05, 3.63) is 11.6 Å². The fraction of sp³-hybridized carbons (Fsp3) is 0.895. The van der Waals surface area contributed by atoms with Crippen molar-refractivity contribution in [2.75, 3.05) is 52.5 Å². The molecule has 0 amide bonds. The summed E-state index contributed by atoms with van der Waals surface area (Å²) in [6.45, 7) is 16.6. The van der Waals surface area contributed by atoms with Gasteiger partial charge < -0.3 is 19.4 Å². The largest absolute Gasteiger partial charge is 0.481 e. The normalized spacial score (nSPS) is 44.9. The summed E-state index contributed by atoms with van der Waals surface area (Å²) in [5.74, 6) is 1.68. The number of carbonyl (C=O) groups is 2. The minimum absolute atomic E-state index is 0.0996. The van der Waals surface area contributed by atoms with Crippen LogP contribution >= 0.6 is 0 Å². The van der Waals surface area contributed by atoms with Gasteiger partial charge in [0.1, 0.15) is 11.7 Å². The van der Waals surface area contributed by atoms with E-state index in [-0.39, 0.29) is 30.0 Å². The number of carbonyl (C=O) groups excluding carboxylic acids is 1. The van der Waals surface area contributed by atoms with E-state index in [4.69, 9.17) is 9.47 Å². The maximum atomic E-state index is 14.2. The topological polar surface area (TPSA) is 79.3 Å². The molecule has 6 fully saturated rings. The zero-order valence-electron chi connectivity index (χ0n) is 28.6. The van der Waals surface area contributed by atoms with E-state index in [2.05, 4.69) is 43.6 Å². The number of hydrogen-bond donors (Lipinski definition) is 1. The van der Waals surface area contributed by atoms with Gasteiger partial charge in [-0.1, -0.05) is 77.9 Å². The van der Waals surface area contributed by atoms with Gasteiger partial charge >= 0.3 is 5.97 Å². The monoisotopic (exact) mass is 624 g/mol. The number of morpholine rings is 1. The highest BCUT2D eigenvalue weighted by Crippen LogP contribution is 2.84. The van der Waals surface area contributed by atoms with E-state index in [9.17, 15) is 14.7 Å². The third-order valence-electron chi connectivity index (χ3n) is 14.9. The molecule has 2 saturated heterocycles. The van der Waals surface area contributed by atoms with Crippen molar-refractivity contribution in [3.63, 3.8) is 0 Å². The molecule has 7 nitrogen and oxygen atoms in total. The predicted molar refractivity (Wildman–Crippen MR) is 175 cm³/mol. The van der Waals surface area contributed by atoms with E-state index in [1.165, 1.54) is 38.4 Å². The van der Waals surface area contributed by atoms with E-state index >= 15 is 0 Å². The molecule has 3 unspecified atom stereocenters. The second-order valence-electron chi connectivity index (χ2n) is 16.7. The van der Waals surface area contributed by atoms with Crippen LogP contribution in [-0.4, -0.2) is 91.9 Å². The van der Waals surface area contributed by atoms with Gasteiger partial charge in [-0.2, -0.15) is 0 Å². The van der Waals surface area contributed by atoms with Gasteiger partial charge in [0.15, 0.2) is 0 Å². The quantitative estimate of drug-likeness (QED) is 0.226. The Labute approximate surface area is 271 Å². The van der Waals surface area contributed by atoms with E-state index in [1.807, 2.05) is 0 Å². The number of aldehydes is 1. The van der Waals surface area contributed by atoms with E-state index in [0.717, 1.165) is 83.7 Å². The summed E-state index contributed by atoms with van der Waals surface area (Å²) >= 11 is 0. The molecule has 4 saturated carbocycles. The molecule has 0 aromatic rings. The van der Waals surface area contributed by atoms with Gasteiger partial charge in [-0.3, -0.25) is 14.6 Å². The Hall–Kier alpha value is -1.28. The molecule has 7 rings (SSSR count). The van der Waals surface area contributed by atoms with Crippen LogP contribution in [0.2, 0.25) is 0 Å². The summed E-state index contributed by atoms with van der Waals surface area (Å²) in [4.78, 5) is 32.9. The Bertz CT molecular complexity index is 1140. The highest BCUT2D eigenvalue weighted by Gasteiger charge is 2.86. The summed E-state index contributed by atoms with van der Waals surface area (Å²) in [7, 11) is 0. The standard InChI is InChI=1S/C38H60N2O5/c1-5-39(13-14-40-15-17-44-18-16-40)23-33-29(27-9-7-6-8-10-27)20-34(45-33)37-22-30-26(4)11-12-31(30)36(24-41)21-28(37)19-32(25(2)3)38(36,37)35(42)43/h19,24-31,33-34H,5-18,20-23H2,1-4H3,(H,42,43)/t26-,28?,29+,30-,31-,33+,34-,36?,37?,38+/m1/s1. The molecule has 2 heterocycles. The van der Waals surface area contributed by atoms with Crippen LogP contribution in [0.1, 0.15) is 91.9 Å². The van der Waals surface area contributed by atoms with Crippen molar-refractivity contribution in [3.8, 4) is 0 Å². The fourth-order valence-corrected chi connectivity index (χ4v) is 12.9. The molecule has 0 spiro atoms. The van der Waals surface area contributed by atoms with Gasteiger partial charge in [0.2, 0.25) is 0 Å². The average molecular weight is 625 g/mol. The Morgan fingerprint density at radius 3 is 2.53 bits per heavy atom. The molecule has 4 bridgehead atoms. The molecule has 0 aromatic heterocycles. The Morgan fingerprint density at radius 2 is 1.87 bits per heavy atom. The zero-order chi connectivity index (χ0) is 31.6. The lowest BCUT2D eigenvalue weighted by Crippen LogP contribution is -2.65. The highest BCUT2D eigenvalue weighted by molar-refractivity contribution is 5.90. The lowest BCUT2D eigenvalue weighted by atomic mass is 9.41. The molecular formula is C38H60N2O5. The van der Waals surface area contributed by atoms with Crippen LogP contribution in [-0.2, 0) is 19.1 Å². The number of carboxylic acids is 1. The number of hydrogen-bond acceptors (Lipinski definition) is 6. The molecule has 10 atom stereocenters. The SMILES string of the molecule is CCN(CCN1CCOCC1)C[C@@H]1O[C@@H](C23C[C@@H]4[C@H](C)CC[C@H]4C4(C=O)CC2C=C(C(C)C)[C@]43C(=O)O)C[C@H]1C1CCCCC1. The third kappa shape index (κ3) is 4.63. The number of aliphatic carboxylic acids is 1. The van der Waals surface area contributed by atoms with E-state index in [0.29, 0.717) is 30.1 Å². The molecule has 0 aromatic carbocycles. The van der Waals surface area contributed by atoms with Crippen molar-refractivity contribution in [2.24, 2.45) is 57.7 Å². The van der Waals surface area contributed by atoms with Crippen LogP contribution in [0, 0.1) is 57.7 Å². The van der Waals surface area contributed by atoms with Crippen molar-refractivity contribution in [1.29, 1.82) is 0 Å². The number of nitrogens with zero attached hydrogens (tertiary/aromatic N) is 2. The zero-order valence-corrected chi connectivity index (χ0v) is 28.6. The van der Waals surface area contributed by atoms with Crippen molar-refractivity contribution < 1.29 is 24.2 Å². The second-order valence-corrected chi connectivity index (χ2v) is 16.7. The van der Waals surface area contributed by atoms with Crippen molar-refractivity contribution in [1.82, 2.24) is 9.80 Å². The number of fused-ring (bicyclic) bond motifs is 2. The molecule has 252 valence electrons. The molecular weight excluding hydrogens is 564 g/mol. The Morgan fingerprint density at radius 1 is 1.11 bits per heavy atom. The number of allylic oxidation sites excluding steroid dienone is 1. The van der Waals surface area contributed by atoms with Gasteiger partial charge in [0.25, 0.3) is 0 Å². The van der Waals surface area contributed by atoms with Crippen LogP contribution in [0.3, 0.4) is 0 Å². The molecule has 2 aliphatic heterocycles. The van der Waals surface area contributed by atoms with Crippen LogP contribution in [0.4, 0.5) is 0 Å². The predicted octanol–water partition coefficient (Wildman–Crippen LogP) is 5.92. The first-order chi connectivity index (χ1) is 21.7. The minimum Gasteiger partial charge on any atom is -0.481 e. The third-order valence-corrected chi connectivity index (χ3v) is 14.9. The first kappa shape index (κ1) is 32.3. The van der Waals surface area contributed by atoms with Gasteiger partial charge in [-0.25, -0.2) is 0 Å². The maximum Gasteiger partial charge on any atom is 0.315 e. The van der Waals surface area contributed by atoms with Crippen LogP contribution in [0.15, 0.2) is 11.6 Å². The first-order valence-electron chi connectivity index (χ1n) is 18.8. The summed E-state index contributed by atoms with van der Waals surface area (Å²) < 4.78 is 13.1. The average Bonchev–Trinajstić information content (AvgIpc) is 3.77. The van der Waals surface area contributed by atoms with Gasteiger partial charge in [0.05, 0.1) is 30.8 Å². The summed E-state index contributed by atoms with van der Waals surface area (Å²) in [5, 5.41) is 11.6. The number of carboxylic acid groups (broad SMARTS) is 1. The van der Waals surface area contributed by atoms with Crippen LogP contribution in [0.25, 0.3) is 0 Å². The van der Waals surface area contributed by atoms with Crippen molar-refractivity contribution in [2.45, 2.75) is 104 Å². The van der Waals surface area contributed by atoms with E-state index < -0.39 is 22.2 Å². The molecule has 45 heavy (non-hydrogen) atoms. The van der Waals surface area contributed by atoms with Gasteiger partial charge in [0, 0.05) is 38.1 Å². The first-order valence-corrected chi connectivity index (χ1v) is 18.8. The molecule has 1 N–H and O–H groups in total. The van der Waals surface area contributed by atoms with Gasteiger partial charge in [-0.15, -0.1) is 0 Å². The second kappa shape index (κ2) is 12.3. The fourth-order valence-electron chi connectivity index (χ4n) is 12.9.